The van der Waals surface area contributed by atoms with Crippen molar-refractivity contribution in [2.45, 2.75) is 19.3 Å². The van der Waals surface area contributed by atoms with E-state index in [1.54, 1.807) is 6.07 Å². The summed E-state index contributed by atoms with van der Waals surface area (Å²) in [6, 6.07) is 9.44. The molecule has 2 aromatic rings. The SMILES string of the molecule is N=C(N)c1cc(OCCC2CC2)nc2ccccc12. The molecule has 19 heavy (non-hydrogen) atoms. The molecule has 1 aromatic carbocycles. The van der Waals surface area contributed by atoms with Gasteiger partial charge in [-0.25, -0.2) is 4.98 Å². The number of ether oxygens (including phenoxy) is 1. The summed E-state index contributed by atoms with van der Waals surface area (Å²) in [5.74, 6) is 1.45. The van der Waals surface area contributed by atoms with Gasteiger partial charge in [-0.05, 0) is 18.4 Å². The van der Waals surface area contributed by atoms with E-state index in [9.17, 15) is 0 Å². The molecule has 4 heteroatoms. The standard InChI is InChI=1S/C15H17N3O/c16-15(17)12-9-14(19-8-7-10-5-6-10)18-13-4-2-1-3-11(12)13/h1-4,9-10H,5-8H2,(H3,16,17). The van der Waals surface area contributed by atoms with Gasteiger partial charge in [0.2, 0.25) is 5.88 Å². The normalized spacial score (nSPS) is 14.5. The molecule has 1 saturated carbocycles. The van der Waals surface area contributed by atoms with Gasteiger partial charge in [0.05, 0.1) is 12.1 Å². The predicted molar refractivity (Wildman–Crippen MR) is 75.6 cm³/mol. The minimum atomic E-state index is 0.0469. The zero-order valence-electron chi connectivity index (χ0n) is 10.7. The van der Waals surface area contributed by atoms with Gasteiger partial charge in [0.15, 0.2) is 0 Å². The minimum absolute atomic E-state index is 0.0469. The van der Waals surface area contributed by atoms with Crippen molar-refractivity contribution in [3.63, 3.8) is 0 Å². The number of fused-ring (bicyclic) bond motifs is 1. The van der Waals surface area contributed by atoms with Crippen molar-refractivity contribution in [2.24, 2.45) is 11.7 Å². The Hall–Kier alpha value is -2.10. The van der Waals surface area contributed by atoms with Crippen LogP contribution in [0.4, 0.5) is 0 Å². The molecule has 1 aromatic heterocycles. The van der Waals surface area contributed by atoms with Gasteiger partial charge in [-0.1, -0.05) is 31.0 Å². The second-order valence-corrected chi connectivity index (χ2v) is 5.02. The fraction of sp³-hybridized carbons (Fsp3) is 0.333. The van der Waals surface area contributed by atoms with Crippen molar-refractivity contribution < 1.29 is 4.74 Å². The Morgan fingerprint density at radius 1 is 1.37 bits per heavy atom. The first kappa shape index (κ1) is 12.0. The smallest absolute Gasteiger partial charge is 0.214 e. The zero-order chi connectivity index (χ0) is 13.2. The molecule has 0 saturated heterocycles. The van der Waals surface area contributed by atoms with Crippen molar-refractivity contribution in [3.8, 4) is 5.88 Å². The summed E-state index contributed by atoms with van der Waals surface area (Å²) >= 11 is 0. The first-order chi connectivity index (χ1) is 9.24. The van der Waals surface area contributed by atoms with Crippen molar-refractivity contribution in [1.82, 2.24) is 4.98 Å². The molecule has 0 atom stereocenters. The maximum atomic E-state index is 7.66. The first-order valence-corrected chi connectivity index (χ1v) is 6.61. The van der Waals surface area contributed by atoms with E-state index in [0.717, 1.165) is 23.2 Å². The van der Waals surface area contributed by atoms with Gasteiger partial charge < -0.3 is 10.5 Å². The Morgan fingerprint density at radius 2 is 2.16 bits per heavy atom. The highest BCUT2D eigenvalue weighted by atomic mass is 16.5. The molecule has 1 aliphatic carbocycles. The number of para-hydroxylation sites is 1. The molecule has 1 heterocycles. The van der Waals surface area contributed by atoms with Gasteiger partial charge in [-0.2, -0.15) is 0 Å². The van der Waals surface area contributed by atoms with Crippen LogP contribution >= 0.6 is 0 Å². The third kappa shape index (κ3) is 2.67. The topological polar surface area (TPSA) is 72.0 Å². The summed E-state index contributed by atoms with van der Waals surface area (Å²) in [7, 11) is 0. The number of pyridine rings is 1. The number of amidine groups is 1. The summed E-state index contributed by atoms with van der Waals surface area (Å²) in [4.78, 5) is 4.46. The van der Waals surface area contributed by atoms with Crippen LogP contribution in [0, 0.1) is 11.3 Å². The number of aromatic nitrogens is 1. The van der Waals surface area contributed by atoms with E-state index in [1.165, 1.54) is 12.8 Å². The van der Waals surface area contributed by atoms with Gasteiger partial charge in [0, 0.05) is 17.0 Å². The van der Waals surface area contributed by atoms with Gasteiger partial charge in [-0.3, -0.25) is 5.41 Å². The van der Waals surface area contributed by atoms with E-state index in [-0.39, 0.29) is 5.84 Å². The lowest BCUT2D eigenvalue weighted by molar-refractivity contribution is 0.292. The second kappa shape index (κ2) is 4.88. The molecule has 0 radical (unpaired) electrons. The molecule has 0 unspecified atom stereocenters. The molecule has 0 amide bonds. The average molecular weight is 255 g/mol. The Labute approximate surface area is 112 Å². The second-order valence-electron chi connectivity index (χ2n) is 5.02. The Balaban J connectivity index is 1.88. The minimum Gasteiger partial charge on any atom is -0.478 e. The summed E-state index contributed by atoms with van der Waals surface area (Å²) < 4.78 is 5.69. The van der Waals surface area contributed by atoms with E-state index < -0.39 is 0 Å². The number of benzene rings is 1. The predicted octanol–water partition coefficient (Wildman–Crippen LogP) is 2.70. The summed E-state index contributed by atoms with van der Waals surface area (Å²) in [6.45, 7) is 0.688. The van der Waals surface area contributed by atoms with Crippen molar-refractivity contribution >= 4 is 16.7 Å². The van der Waals surface area contributed by atoms with Gasteiger partial charge >= 0.3 is 0 Å². The van der Waals surface area contributed by atoms with Crippen molar-refractivity contribution in [2.75, 3.05) is 6.61 Å². The first-order valence-electron chi connectivity index (χ1n) is 6.61. The maximum Gasteiger partial charge on any atom is 0.214 e. The van der Waals surface area contributed by atoms with Crippen LogP contribution in [0.2, 0.25) is 0 Å². The van der Waals surface area contributed by atoms with Gasteiger partial charge in [0.25, 0.3) is 0 Å². The molecule has 0 aliphatic heterocycles. The molecule has 98 valence electrons. The molecule has 3 rings (SSSR count). The van der Waals surface area contributed by atoms with Crippen LogP contribution in [0.5, 0.6) is 5.88 Å². The largest absolute Gasteiger partial charge is 0.478 e. The van der Waals surface area contributed by atoms with Crippen molar-refractivity contribution in [3.05, 3.63) is 35.9 Å². The number of nitrogen functional groups attached to an aromatic ring is 1. The van der Waals surface area contributed by atoms with E-state index in [0.29, 0.717) is 18.1 Å². The quantitative estimate of drug-likeness (QED) is 0.637. The summed E-state index contributed by atoms with van der Waals surface area (Å²) in [5, 5.41) is 8.56. The highest BCUT2D eigenvalue weighted by molar-refractivity contribution is 6.06. The molecular formula is C15H17N3O. The van der Waals surface area contributed by atoms with E-state index >= 15 is 0 Å². The van der Waals surface area contributed by atoms with Crippen LogP contribution in [0.15, 0.2) is 30.3 Å². The zero-order valence-corrected chi connectivity index (χ0v) is 10.7. The van der Waals surface area contributed by atoms with Crippen LogP contribution in [-0.2, 0) is 0 Å². The Bertz CT molecular complexity index is 620. The van der Waals surface area contributed by atoms with Crippen LogP contribution in [0.1, 0.15) is 24.8 Å². The fourth-order valence-corrected chi connectivity index (χ4v) is 2.18. The molecule has 1 aliphatic rings. The highest BCUT2D eigenvalue weighted by Gasteiger charge is 2.20. The highest BCUT2D eigenvalue weighted by Crippen LogP contribution is 2.32. The lowest BCUT2D eigenvalue weighted by atomic mass is 10.1. The number of nitrogens with one attached hydrogen (secondary N) is 1. The van der Waals surface area contributed by atoms with Crippen LogP contribution < -0.4 is 10.5 Å². The molecular weight excluding hydrogens is 238 g/mol. The van der Waals surface area contributed by atoms with Crippen LogP contribution in [0.25, 0.3) is 10.9 Å². The maximum absolute atomic E-state index is 7.66. The summed E-state index contributed by atoms with van der Waals surface area (Å²) in [5.41, 5.74) is 7.14. The third-order valence-electron chi connectivity index (χ3n) is 3.46. The monoisotopic (exact) mass is 255 g/mol. The number of nitrogens with zero attached hydrogens (tertiary/aromatic N) is 1. The summed E-state index contributed by atoms with van der Waals surface area (Å²) in [6.07, 6.45) is 3.74. The average Bonchev–Trinajstić information content (AvgIpc) is 3.22. The van der Waals surface area contributed by atoms with E-state index in [4.69, 9.17) is 15.9 Å². The lowest BCUT2D eigenvalue weighted by Crippen LogP contribution is -2.12. The third-order valence-corrected chi connectivity index (χ3v) is 3.46. The fourth-order valence-electron chi connectivity index (χ4n) is 2.18. The molecule has 0 bridgehead atoms. The lowest BCUT2D eigenvalue weighted by Gasteiger charge is -2.09. The van der Waals surface area contributed by atoms with Gasteiger partial charge in [-0.15, -0.1) is 0 Å². The number of nitrogens with two attached hydrogens (primary N) is 1. The number of hydrogen-bond acceptors (Lipinski definition) is 3. The number of rotatable bonds is 5. The Morgan fingerprint density at radius 3 is 2.89 bits per heavy atom. The molecule has 1 fully saturated rings. The molecule has 3 N–H and O–H groups in total. The van der Waals surface area contributed by atoms with Crippen molar-refractivity contribution in [1.29, 1.82) is 5.41 Å². The molecule has 0 spiro atoms. The van der Waals surface area contributed by atoms with Crippen LogP contribution in [0.3, 0.4) is 0 Å². The Kier molecular flexibility index (Phi) is 3.07. The van der Waals surface area contributed by atoms with E-state index in [1.807, 2.05) is 24.3 Å². The molecule has 4 nitrogen and oxygen atoms in total. The van der Waals surface area contributed by atoms with Crippen LogP contribution in [-0.4, -0.2) is 17.4 Å². The van der Waals surface area contributed by atoms with E-state index in [2.05, 4.69) is 4.98 Å². The van der Waals surface area contributed by atoms with Gasteiger partial charge in [0.1, 0.15) is 5.84 Å². The number of hydrogen-bond donors (Lipinski definition) is 2.